The summed E-state index contributed by atoms with van der Waals surface area (Å²) in [5.74, 6) is -0.158. The summed E-state index contributed by atoms with van der Waals surface area (Å²) in [5.41, 5.74) is 7.12. The number of nitrogen functional groups attached to an aromatic ring is 1. The number of hydrogen-bond donors (Lipinski definition) is 2. The molecule has 0 fully saturated rings. The van der Waals surface area contributed by atoms with Gasteiger partial charge in [-0.1, -0.05) is 5.21 Å². The summed E-state index contributed by atoms with van der Waals surface area (Å²) in [4.78, 5) is 16.9. The normalized spacial score (nSPS) is 10.9. The molecule has 108 valence electrons. The van der Waals surface area contributed by atoms with E-state index in [-0.39, 0.29) is 5.91 Å². The molecular formula is C13H14N6OS. The van der Waals surface area contributed by atoms with Gasteiger partial charge in [0.05, 0.1) is 16.6 Å². The first-order valence-corrected chi connectivity index (χ1v) is 7.32. The lowest BCUT2D eigenvalue weighted by molar-refractivity contribution is 0.0957. The third-order valence-corrected chi connectivity index (χ3v) is 4.17. The number of rotatable bonds is 5. The van der Waals surface area contributed by atoms with Gasteiger partial charge in [-0.2, -0.15) is 0 Å². The van der Waals surface area contributed by atoms with Crippen LogP contribution in [0.25, 0.3) is 10.2 Å². The van der Waals surface area contributed by atoms with E-state index < -0.39 is 0 Å². The zero-order chi connectivity index (χ0) is 14.7. The van der Waals surface area contributed by atoms with Crippen LogP contribution in [0.1, 0.15) is 16.1 Å². The number of nitrogens with one attached hydrogen (secondary N) is 1. The summed E-state index contributed by atoms with van der Waals surface area (Å²) >= 11 is 1.36. The van der Waals surface area contributed by atoms with Crippen LogP contribution >= 0.6 is 11.3 Å². The number of anilines is 1. The Labute approximate surface area is 124 Å². The van der Waals surface area contributed by atoms with Crippen molar-refractivity contribution in [2.45, 2.75) is 13.0 Å². The van der Waals surface area contributed by atoms with Crippen molar-refractivity contribution >= 4 is 33.1 Å². The third-order valence-electron chi connectivity index (χ3n) is 3.01. The molecule has 0 radical (unpaired) electrons. The van der Waals surface area contributed by atoms with Crippen LogP contribution in [0.2, 0.25) is 0 Å². The Morgan fingerprint density at radius 2 is 2.33 bits per heavy atom. The minimum absolute atomic E-state index is 0.158. The molecule has 0 aliphatic carbocycles. The van der Waals surface area contributed by atoms with E-state index in [1.165, 1.54) is 11.3 Å². The van der Waals surface area contributed by atoms with Crippen LogP contribution in [-0.2, 0) is 6.54 Å². The van der Waals surface area contributed by atoms with E-state index in [4.69, 9.17) is 5.73 Å². The fourth-order valence-corrected chi connectivity index (χ4v) is 2.99. The van der Waals surface area contributed by atoms with Crippen molar-refractivity contribution in [1.29, 1.82) is 0 Å². The molecule has 0 bridgehead atoms. The topological polar surface area (TPSA) is 98.7 Å². The fraction of sp³-hybridized carbons (Fsp3) is 0.231. The van der Waals surface area contributed by atoms with E-state index in [0.29, 0.717) is 29.2 Å². The van der Waals surface area contributed by atoms with Crippen molar-refractivity contribution < 1.29 is 4.79 Å². The predicted molar refractivity (Wildman–Crippen MR) is 81.0 cm³/mol. The number of hydrogen-bond acceptors (Lipinski definition) is 6. The number of aryl methyl sites for hydroxylation is 1. The largest absolute Gasteiger partial charge is 0.396 e. The average molecular weight is 302 g/mol. The number of carbonyl (C=O) groups excluding carboxylic acids is 1. The van der Waals surface area contributed by atoms with Gasteiger partial charge in [-0.25, -0.2) is 0 Å². The minimum atomic E-state index is -0.158. The summed E-state index contributed by atoms with van der Waals surface area (Å²) in [7, 11) is 0. The molecule has 0 aromatic carbocycles. The maximum atomic E-state index is 12.2. The van der Waals surface area contributed by atoms with E-state index in [2.05, 4.69) is 20.6 Å². The fourth-order valence-electron chi connectivity index (χ4n) is 1.99. The number of amides is 1. The van der Waals surface area contributed by atoms with Gasteiger partial charge in [-0.15, -0.1) is 16.4 Å². The number of carbonyl (C=O) groups is 1. The zero-order valence-electron chi connectivity index (χ0n) is 11.2. The van der Waals surface area contributed by atoms with E-state index in [1.807, 2.05) is 12.1 Å². The molecular weight excluding hydrogens is 288 g/mol. The first-order valence-electron chi connectivity index (χ1n) is 6.51. The molecule has 1 amide bonds. The molecule has 3 aromatic heterocycles. The van der Waals surface area contributed by atoms with Crippen LogP contribution in [-0.4, -0.2) is 32.4 Å². The van der Waals surface area contributed by atoms with E-state index in [1.54, 1.807) is 23.3 Å². The van der Waals surface area contributed by atoms with Gasteiger partial charge in [0.1, 0.15) is 10.4 Å². The van der Waals surface area contributed by atoms with Gasteiger partial charge in [0.2, 0.25) is 0 Å². The minimum Gasteiger partial charge on any atom is -0.396 e. The maximum absolute atomic E-state index is 12.2. The van der Waals surface area contributed by atoms with Crippen molar-refractivity contribution in [2.24, 2.45) is 0 Å². The Balaban J connectivity index is 1.60. The number of pyridine rings is 1. The highest BCUT2D eigenvalue weighted by molar-refractivity contribution is 7.21. The molecule has 0 spiro atoms. The SMILES string of the molecule is Nc1c(C(=O)NCCCn2ccnn2)sc2cccnc12. The Kier molecular flexibility index (Phi) is 3.78. The van der Waals surface area contributed by atoms with Gasteiger partial charge in [0, 0.05) is 25.5 Å². The average Bonchev–Trinajstić information content (AvgIpc) is 3.12. The van der Waals surface area contributed by atoms with Crippen molar-refractivity contribution in [2.75, 3.05) is 12.3 Å². The molecule has 0 saturated carbocycles. The second kappa shape index (κ2) is 5.88. The Hall–Kier alpha value is -2.48. The zero-order valence-corrected chi connectivity index (χ0v) is 12.0. The number of aromatic nitrogens is 4. The second-order valence-corrected chi connectivity index (χ2v) is 5.52. The van der Waals surface area contributed by atoms with Crippen LogP contribution in [0.3, 0.4) is 0 Å². The highest BCUT2D eigenvalue weighted by Crippen LogP contribution is 2.31. The lowest BCUT2D eigenvalue weighted by Crippen LogP contribution is -2.25. The molecule has 0 atom stereocenters. The number of thiophene rings is 1. The highest BCUT2D eigenvalue weighted by Gasteiger charge is 2.16. The van der Waals surface area contributed by atoms with Gasteiger partial charge in [0.15, 0.2) is 0 Å². The van der Waals surface area contributed by atoms with Crippen molar-refractivity contribution in [3.8, 4) is 0 Å². The summed E-state index contributed by atoms with van der Waals surface area (Å²) in [5, 5.41) is 10.5. The van der Waals surface area contributed by atoms with Gasteiger partial charge >= 0.3 is 0 Å². The van der Waals surface area contributed by atoms with Crippen LogP contribution in [0.15, 0.2) is 30.7 Å². The molecule has 3 rings (SSSR count). The molecule has 8 heteroatoms. The Morgan fingerprint density at radius 3 is 3.10 bits per heavy atom. The summed E-state index contributed by atoms with van der Waals surface area (Å²) < 4.78 is 2.65. The van der Waals surface area contributed by atoms with Gasteiger partial charge in [-0.05, 0) is 18.6 Å². The van der Waals surface area contributed by atoms with Crippen LogP contribution in [0, 0.1) is 0 Å². The standard InChI is InChI=1S/C13H14N6OS/c14-10-11-9(3-1-4-15-11)21-12(10)13(20)16-5-2-7-19-8-6-17-18-19/h1,3-4,6,8H,2,5,7,14H2,(H,16,20). The number of nitrogens with zero attached hydrogens (tertiary/aromatic N) is 4. The summed E-state index contributed by atoms with van der Waals surface area (Å²) in [6.07, 6.45) is 5.87. The maximum Gasteiger partial charge on any atom is 0.263 e. The van der Waals surface area contributed by atoms with Gasteiger partial charge in [0.25, 0.3) is 5.91 Å². The molecule has 7 nitrogen and oxygen atoms in total. The molecule has 0 unspecified atom stereocenters. The molecule has 0 saturated heterocycles. The lowest BCUT2D eigenvalue weighted by Gasteiger charge is -2.04. The molecule has 3 N–H and O–H groups in total. The van der Waals surface area contributed by atoms with E-state index >= 15 is 0 Å². The lowest BCUT2D eigenvalue weighted by atomic mass is 10.3. The summed E-state index contributed by atoms with van der Waals surface area (Å²) in [6, 6.07) is 3.74. The predicted octanol–water partition coefficient (Wildman–Crippen LogP) is 1.29. The quantitative estimate of drug-likeness (QED) is 0.692. The first-order chi connectivity index (χ1) is 10.3. The number of nitrogens with two attached hydrogens (primary N) is 1. The smallest absolute Gasteiger partial charge is 0.263 e. The van der Waals surface area contributed by atoms with Crippen LogP contribution in [0.4, 0.5) is 5.69 Å². The van der Waals surface area contributed by atoms with E-state index in [9.17, 15) is 4.79 Å². The second-order valence-electron chi connectivity index (χ2n) is 4.47. The summed E-state index contributed by atoms with van der Waals surface area (Å²) in [6.45, 7) is 1.27. The van der Waals surface area contributed by atoms with Gasteiger partial charge in [-0.3, -0.25) is 14.5 Å². The van der Waals surface area contributed by atoms with Crippen molar-refractivity contribution in [3.63, 3.8) is 0 Å². The third kappa shape index (κ3) is 2.84. The number of fused-ring (bicyclic) bond motifs is 1. The Bertz CT molecular complexity index is 751. The van der Waals surface area contributed by atoms with Crippen LogP contribution < -0.4 is 11.1 Å². The monoisotopic (exact) mass is 302 g/mol. The molecule has 3 aromatic rings. The van der Waals surface area contributed by atoms with Crippen molar-refractivity contribution in [3.05, 3.63) is 35.6 Å². The van der Waals surface area contributed by atoms with Gasteiger partial charge < -0.3 is 11.1 Å². The van der Waals surface area contributed by atoms with Crippen LogP contribution in [0.5, 0.6) is 0 Å². The highest BCUT2D eigenvalue weighted by atomic mass is 32.1. The first kappa shape index (κ1) is 13.5. The van der Waals surface area contributed by atoms with Crippen molar-refractivity contribution in [1.82, 2.24) is 25.3 Å². The molecule has 3 heterocycles. The van der Waals surface area contributed by atoms with E-state index in [0.717, 1.165) is 11.1 Å². The Morgan fingerprint density at radius 1 is 1.43 bits per heavy atom. The molecule has 0 aliphatic rings. The molecule has 0 aliphatic heterocycles. The molecule has 21 heavy (non-hydrogen) atoms.